The Hall–Kier alpha value is -0.970. The van der Waals surface area contributed by atoms with Gasteiger partial charge in [-0.05, 0) is 46.0 Å². The fourth-order valence-corrected chi connectivity index (χ4v) is 2.82. The predicted octanol–water partition coefficient (Wildman–Crippen LogP) is 2.47. The molecule has 0 aromatic carbocycles. The zero-order valence-corrected chi connectivity index (χ0v) is 13.9. The third-order valence-electron chi connectivity index (χ3n) is 3.82. The van der Waals surface area contributed by atoms with Crippen LogP contribution in [0.2, 0.25) is 0 Å². The van der Waals surface area contributed by atoms with Crippen LogP contribution in [-0.2, 0) is 9.53 Å². The number of carbonyl (C=O) groups is 2. The molecule has 2 fully saturated rings. The minimum Gasteiger partial charge on any atom is -0.444 e. The highest BCUT2D eigenvalue weighted by molar-refractivity contribution is 6.27. The molecule has 0 spiro atoms. The predicted molar refractivity (Wildman–Crippen MR) is 81.4 cm³/mol. The maximum absolute atomic E-state index is 12.3. The number of likely N-dealkylation sites (tertiary alicyclic amines) is 1. The molecule has 0 bridgehead atoms. The summed E-state index contributed by atoms with van der Waals surface area (Å²) in [6.07, 6.45) is 2.80. The minimum atomic E-state index is -0.472. The second kappa shape index (κ2) is 6.42. The first-order valence-corrected chi connectivity index (χ1v) is 8.17. The molecule has 0 aromatic heterocycles. The van der Waals surface area contributed by atoms with Gasteiger partial charge >= 0.3 is 6.09 Å². The Balaban J connectivity index is 1.89. The summed E-state index contributed by atoms with van der Waals surface area (Å²) in [5.74, 6) is 0.338. The molecule has 0 radical (unpaired) electrons. The van der Waals surface area contributed by atoms with Crippen LogP contribution >= 0.6 is 11.6 Å². The van der Waals surface area contributed by atoms with Crippen LogP contribution in [0.5, 0.6) is 0 Å². The van der Waals surface area contributed by atoms with Crippen LogP contribution in [-0.4, -0.2) is 59.0 Å². The van der Waals surface area contributed by atoms with E-state index in [2.05, 4.69) is 0 Å². The summed E-state index contributed by atoms with van der Waals surface area (Å²) < 4.78 is 5.49. The SMILES string of the molecule is CC(C)(C)OC(=O)N(C[C@H]1CCN(C(=O)CCl)C1)C1CC1. The molecule has 0 unspecified atom stereocenters. The molecule has 1 aliphatic heterocycles. The van der Waals surface area contributed by atoms with Crippen LogP contribution in [0, 0.1) is 5.92 Å². The third-order valence-corrected chi connectivity index (χ3v) is 4.05. The number of nitrogens with zero attached hydrogens (tertiary/aromatic N) is 2. The molecule has 0 aromatic rings. The average Bonchev–Trinajstić information content (AvgIpc) is 3.11. The summed E-state index contributed by atoms with van der Waals surface area (Å²) >= 11 is 5.59. The number of rotatable bonds is 4. The molecule has 2 rings (SSSR count). The Labute approximate surface area is 131 Å². The summed E-state index contributed by atoms with van der Waals surface area (Å²) in [7, 11) is 0. The van der Waals surface area contributed by atoms with Crippen molar-refractivity contribution in [3.05, 3.63) is 0 Å². The summed E-state index contributed by atoms with van der Waals surface area (Å²) in [6, 6.07) is 0.317. The van der Waals surface area contributed by atoms with Gasteiger partial charge in [-0.25, -0.2) is 4.79 Å². The molecule has 5 nitrogen and oxygen atoms in total. The Bertz CT molecular complexity index is 404. The van der Waals surface area contributed by atoms with Crippen molar-refractivity contribution in [3.63, 3.8) is 0 Å². The van der Waals surface area contributed by atoms with Crippen LogP contribution in [0.4, 0.5) is 4.79 Å². The van der Waals surface area contributed by atoms with E-state index >= 15 is 0 Å². The molecule has 1 saturated carbocycles. The first kappa shape index (κ1) is 16.4. The molecule has 120 valence electrons. The highest BCUT2D eigenvalue weighted by atomic mass is 35.5. The smallest absolute Gasteiger partial charge is 0.410 e. The molecule has 0 N–H and O–H groups in total. The standard InChI is InChI=1S/C15H25ClN2O3/c1-15(2,3)21-14(20)18(12-4-5-12)10-11-6-7-17(9-11)13(19)8-16/h11-12H,4-10H2,1-3H3/t11-/m0/s1. The van der Waals surface area contributed by atoms with Crippen molar-refractivity contribution in [1.82, 2.24) is 9.80 Å². The topological polar surface area (TPSA) is 49.9 Å². The highest BCUT2D eigenvalue weighted by Gasteiger charge is 2.38. The number of ether oxygens (including phenoxy) is 1. The lowest BCUT2D eigenvalue weighted by molar-refractivity contribution is -0.127. The quantitative estimate of drug-likeness (QED) is 0.749. The van der Waals surface area contributed by atoms with Crippen molar-refractivity contribution in [2.75, 3.05) is 25.5 Å². The van der Waals surface area contributed by atoms with Crippen LogP contribution in [0.25, 0.3) is 0 Å². The van der Waals surface area contributed by atoms with Crippen molar-refractivity contribution >= 4 is 23.6 Å². The maximum atomic E-state index is 12.3. The van der Waals surface area contributed by atoms with Gasteiger partial charge in [-0.1, -0.05) is 0 Å². The van der Waals surface area contributed by atoms with E-state index in [-0.39, 0.29) is 17.9 Å². The second-order valence-corrected chi connectivity index (χ2v) is 7.26. The van der Waals surface area contributed by atoms with Crippen LogP contribution in [0.1, 0.15) is 40.0 Å². The molecule has 1 heterocycles. The lowest BCUT2D eigenvalue weighted by atomic mass is 10.1. The average molecular weight is 317 g/mol. The zero-order valence-electron chi connectivity index (χ0n) is 13.1. The first-order valence-electron chi connectivity index (χ1n) is 7.63. The van der Waals surface area contributed by atoms with E-state index in [4.69, 9.17) is 16.3 Å². The Morgan fingerprint density at radius 2 is 1.95 bits per heavy atom. The molecular formula is C15H25ClN2O3. The minimum absolute atomic E-state index is 0.0191. The Morgan fingerprint density at radius 3 is 2.48 bits per heavy atom. The number of hydrogen-bond donors (Lipinski definition) is 0. The van der Waals surface area contributed by atoms with Crippen molar-refractivity contribution < 1.29 is 14.3 Å². The van der Waals surface area contributed by atoms with E-state index in [0.29, 0.717) is 25.0 Å². The summed E-state index contributed by atoms with van der Waals surface area (Å²) in [5, 5.41) is 0. The van der Waals surface area contributed by atoms with Gasteiger partial charge in [-0.15, -0.1) is 11.6 Å². The Kier molecular flexibility index (Phi) is 5.02. The molecule has 2 aliphatic rings. The second-order valence-electron chi connectivity index (χ2n) is 6.99. The number of carbonyl (C=O) groups excluding carboxylic acids is 2. The van der Waals surface area contributed by atoms with Crippen molar-refractivity contribution in [1.29, 1.82) is 0 Å². The third kappa shape index (κ3) is 4.77. The zero-order chi connectivity index (χ0) is 15.6. The largest absolute Gasteiger partial charge is 0.444 e. The van der Waals surface area contributed by atoms with E-state index in [9.17, 15) is 9.59 Å². The molecular weight excluding hydrogens is 292 g/mol. The summed E-state index contributed by atoms with van der Waals surface area (Å²) in [6.45, 7) is 7.75. The lowest BCUT2D eigenvalue weighted by Gasteiger charge is -2.29. The van der Waals surface area contributed by atoms with Gasteiger partial charge in [0, 0.05) is 25.7 Å². The number of amides is 2. The van der Waals surface area contributed by atoms with E-state index in [1.165, 1.54) is 0 Å². The fourth-order valence-electron chi connectivity index (χ4n) is 2.65. The van der Waals surface area contributed by atoms with Gasteiger partial charge in [-0.3, -0.25) is 4.79 Å². The number of halogens is 1. The van der Waals surface area contributed by atoms with Crippen molar-refractivity contribution in [2.24, 2.45) is 5.92 Å². The highest BCUT2D eigenvalue weighted by Crippen LogP contribution is 2.30. The molecule has 1 saturated heterocycles. The van der Waals surface area contributed by atoms with E-state index in [0.717, 1.165) is 25.8 Å². The van der Waals surface area contributed by atoms with E-state index < -0.39 is 5.60 Å². The molecule has 6 heteroatoms. The van der Waals surface area contributed by atoms with Gasteiger partial charge in [-0.2, -0.15) is 0 Å². The van der Waals surface area contributed by atoms with Crippen molar-refractivity contribution in [2.45, 2.75) is 51.7 Å². The normalized spacial score (nSPS) is 22.3. The summed E-state index contributed by atoms with van der Waals surface area (Å²) in [5.41, 5.74) is -0.472. The molecule has 1 aliphatic carbocycles. The van der Waals surface area contributed by atoms with Crippen molar-refractivity contribution in [3.8, 4) is 0 Å². The maximum Gasteiger partial charge on any atom is 0.410 e. The number of hydrogen-bond acceptors (Lipinski definition) is 3. The molecule has 1 atom stereocenters. The van der Waals surface area contributed by atoms with Crippen LogP contribution < -0.4 is 0 Å². The van der Waals surface area contributed by atoms with Gasteiger partial charge in [0.05, 0.1) is 0 Å². The van der Waals surface area contributed by atoms with Gasteiger partial charge in [0.15, 0.2) is 0 Å². The first-order chi connectivity index (χ1) is 9.80. The molecule has 21 heavy (non-hydrogen) atoms. The summed E-state index contributed by atoms with van der Waals surface area (Å²) in [4.78, 5) is 27.5. The Morgan fingerprint density at radius 1 is 1.29 bits per heavy atom. The fraction of sp³-hybridized carbons (Fsp3) is 0.867. The van der Waals surface area contributed by atoms with Gasteiger partial charge in [0.1, 0.15) is 11.5 Å². The van der Waals surface area contributed by atoms with Gasteiger partial charge < -0.3 is 14.5 Å². The van der Waals surface area contributed by atoms with E-state index in [1.54, 1.807) is 4.90 Å². The van der Waals surface area contributed by atoms with Gasteiger partial charge in [0.2, 0.25) is 5.91 Å². The monoisotopic (exact) mass is 316 g/mol. The lowest BCUT2D eigenvalue weighted by Crippen LogP contribution is -2.41. The van der Waals surface area contributed by atoms with Crippen LogP contribution in [0.15, 0.2) is 0 Å². The number of alkyl halides is 1. The van der Waals surface area contributed by atoms with Gasteiger partial charge in [0.25, 0.3) is 0 Å². The van der Waals surface area contributed by atoms with E-state index in [1.807, 2.05) is 25.7 Å². The van der Waals surface area contributed by atoms with Crippen LogP contribution in [0.3, 0.4) is 0 Å². The molecule has 2 amide bonds.